The van der Waals surface area contributed by atoms with Crippen LogP contribution in [0.5, 0.6) is 17.2 Å². The lowest BCUT2D eigenvalue weighted by Gasteiger charge is -2.60. The van der Waals surface area contributed by atoms with Gasteiger partial charge in [0.1, 0.15) is 24.5 Å². The van der Waals surface area contributed by atoms with Gasteiger partial charge in [-0.1, -0.05) is 0 Å². The van der Waals surface area contributed by atoms with Crippen molar-refractivity contribution in [3.05, 3.63) is 48.3 Å². The van der Waals surface area contributed by atoms with Crippen LogP contribution >= 0.6 is 0 Å². The van der Waals surface area contributed by atoms with Crippen LogP contribution in [0.4, 0.5) is 5.69 Å². The smallest absolute Gasteiger partial charge is 0.182 e. The summed E-state index contributed by atoms with van der Waals surface area (Å²) < 4.78 is 18.9. The van der Waals surface area contributed by atoms with Gasteiger partial charge in [0, 0.05) is 11.8 Å². The van der Waals surface area contributed by atoms with E-state index in [9.17, 15) is 0 Å². The van der Waals surface area contributed by atoms with Crippen LogP contribution < -0.4 is 19.5 Å². The van der Waals surface area contributed by atoms with Crippen molar-refractivity contribution in [2.75, 3.05) is 25.6 Å². The van der Waals surface area contributed by atoms with Gasteiger partial charge in [0.25, 0.3) is 0 Å². The van der Waals surface area contributed by atoms with Crippen LogP contribution in [0.15, 0.2) is 42.5 Å². The number of aromatic nitrogens is 4. The summed E-state index contributed by atoms with van der Waals surface area (Å²) in [6, 6.07) is 14.2. The standard InChI is InChI=1S/C26H29N5O3/c1-32-22-5-2-20(3-6-22)27-26(18-11-16-10-17(13-18)14-19(26)12-16)25-28-29-30-31(25)21-4-7-23-24(15-21)34-9-8-33-23/h2-7,15-19,27H,8-14H2,1H3. The second kappa shape index (κ2) is 7.61. The molecule has 2 heterocycles. The van der Waals surface area contributed by atoms with Gasteiger partial charge in [-0.2, -0.15) is 4.68 Å². The van der Waals surface area contributed by atoms with E-state index in [1.807, 2.05) is 35.0 Å². The first-order valence-electron chi connectivity index (χ1n) is 12.3. The van der Waals surface area contributed by atoms with Crippen molar-refractivity contribution in [1.29, 1.82) is 0 Å². The molecule has 4 saturated carbocycles. The molecule has 0 radical (unpaired) electrons. The molecule has 1 N–H and O–H groups in total. The minimum Gasteiger partial charge on any atom is -0.497 e. The van der Waals surface area contributed by atoms with E-state index in [-0.39, 0.29) is 5.54 Å². The summed E-state index contributed by atoms with van der Waals surface area (Å²) in [7, 11) is 1.70. The molecule has 8 rings (SSSR count). The molecule has 1 aromatic heterocycles. The summed E-state index contributed by atoms with van der Waals surface area (Å²) in [6.45, 7) is 1.12. The molecule has 4 aliphatic carbocycles. The highest BCUT2D eigenvalue weighted by Gasteiger charge is 2.60. The minimum atomic E-state index is -0.321. The van der Waals surface area contributed by atoms with Crippen LogP contribution in [0.1, 0.15) is 37.9 Å². The topological polar surface area (TPSA) is 83.3 Å². The van der Waals surface area contributed by atoms with Gasteiger partial charge in [-0.15, -0.1) is 5.10 Å². The molecule has 8 heteroatoms. The number of rotatable bonds is 5. The third kappa shape index (κ3) is 3.00. The molecule has 4 fully saturated rings. The van der Waals surface area contributed by atoms with Gasteiger partial charge in [-0.05, 0) is 103 Å². The second-order valence-electron chi connectivity index (χ2n) is 10.3. The van der Waals surface area contributed by atoms with Gasteiger partial charge in [0.05, 0.1) is 12.8 Å². The highest BCUT2D eigenvalue weighted by Crippen LogP contribution is 2.62. The molecular weight excluding hydrogens is 430 g/mol. The molecule has 0 saturated heterocycles. The predicted molar refractivity (Wildman–Crippen MR) is 125 cm³/mol. The largest absolute Gasteiger partial charge is 0.497 e. The van der Waals surface area contributed by atoms with Gasteiger partial charge in [-0.25, -0.2) is 0 Å². The van der Waals surface area contributed by atoms with Crippen molar-refractivity contribution in [1.82, 2.24) is 20.2 Å². The SMILES string of the molecule is COc1ccc(NC2(c3nnnn3-c3ccc4c(c3)OCCO4)C3CC4CC(C3)CC2C4)cc1. The first kappa shape index (κ1) is 20.1. The van der Waals surface area contributed by atoms with E-state index in [4.69, 9.17) is 19.3 Å². The normalized spacial score (nSPS) is 30.9. The van der Waals surface area contributed by atoms with E-state index in [0.29, 0.717) is 25.0 Å². The Morgan fingerprint density at radius 2 is 1.62 bits per heavy atom. The van der Waals surface area contributed by atoms with E-state index in [1.165, 1.54) is 32.1 Å². The molecule has 34 heavy (non-hydrogen) atoms. The summed E-state index contributed by atoms with van der Waals surface area (Å²) in [5.41, 5.74) is 1.65. The molecule has 176 valence electrons. The number of hydrogen-bond acceptors (Lipinski definition) is 7. The number of nitrogens with zero attached hydrogens (tertiary/aromatic N) is 4. The average Bonchev–Trinajstić information content (AvgIpc) is 3.36. The van der Waals surface area contributed by atoms with Crippen LogP contribution in [0.25, 0.3) is 5.69 Å². The van der Waals surface area contributed by atoms with Gasteiger partial charge in [0.2, 0.25) is 0 Å². The Balaban J connectivity index is 1.34. The predicted octanol–water partition coefficient (Wildman–Crippen LogP) is 4.21. The van der Waals surface area contributed by atoms with E-state index >= 15 is 0 Å². The maximum atomic E-state index is 5.85. The molecule has 0 atom stereocenters. The summed E-state index contributed by atoms with van der Waals surface area (Å²) in [4.78, 5) is 0. The summed E-state index contributed by atoms with van der Waals surface area (Å²) >= 11 is 0. The number of ether oxygens (including phenoxy) is 3. The minimum absolute atomic E-state index is 0.321. The fourth-order valence-electron chi connectivity index (χ4n) is 7.25. The third-order valence-corrected chi connectivity index (χ3v) is 8.48. The fraction of sp³-hybridized carbons (Fsp3) is 0.500. The summed E-state index contributed by atoms with van der Waals surface area (Å²) in [5.74, 6) is 5.90. The highest BCUT2D eigenvalue weighted by atomic mass is 16.6. The number of hydrogen-bond donors (Lipinski definition) is 1. The maximum Gasteiger partial charge on any atom is 0.182 e. The van der Waals surface area contributed by atoms with Gasteiger partial charge >= 0.3 is 0 Å². The Morgan fingerprint density at radius 1 is 0.912 bits per heavy atom. The molecule has 3 aromatic rings. The van der Waals surface area contributed by atoms with Gasteiger partial charge in [0.15, 0.2) is 17.3 Å². The fourth-order valence-corrected chi connectivity index (χ4v) is 7.25. The highest BCUT2D eigenvalue weighted by molar-refractivity contribution is 5.53. The summed E-state index contributed by atoms with van der Waals surface area (Å²) in [5, 5.41) is 17.4. The van der Waals surface area contributed by atoms with E-state index in [1.54, 1.807) is 7.11 Å². The molecule has 1 aliphatic heterocycles. The molecule has 0 spiro atoms. The molecule has 2 aromatic carbocycles. The Morgan fingerprint density at radius 3 is 2.32 bits per heavy atom. The van der Waals surface area contributed by atoms with E-state index in [0.717, 1.165) is 46.3 Å². The van der Waals surface area contributed by atoms with Crippen molar-refractivity contribution in [2.24, 2.45) is 23.7 Å². The van der Waals surface area contributed by atoms with Crippen molar-refractivity contribution >= 4 is 5.69 Å². The Kier molecular flexibility index (Phi) is 4.50. The maximum absolute atomic E-state index is 5.85. The Bertz CT molecular complexity index is 1180. The number of benzene rings is 2. The van der Waals surface area contributed by atoms with Crippen molar-refractivity contribution in [2.45, 2.75) is 37.6 Å². The lowest BCUT2D eigenvalue weighted by Crippen LogP contribution is -2.60. The van der Waals surface area contributed by atoms with Crippen LogP contribution in [0, 0.1) is 23.7 Å². The molecule has 8 nitrogen and oxygen atoms in total. The van der Waals surface area contributed by atoms with Crippen LogP contribution in [-0.4, -0.2) is 40.5 Å². The number of nitrogens with one attached hydrogen (secondary N) is 1. The number of fused-ring (bicyclic) bond motifs is 1. The molecule has 0 amide bonds. The van der Waals surface area contributed by atoms with E-state index < -0.39 is 0 Å². The zero-order valence-corrected chi connectivity index (χ0v) is 19.3. The first-order chi connectivity index (χ1) is 16.7. The van der Waals surface area contributed by atoms with Crippen LogP contribution in [0.3, 0.4) is 0 Å². The van der Waals surface area contributed by atoms with Crippen LogP contribution in [0.2, 0.25) is 0 Å². The number of methoxy groups -OCH3 is 1. The van der Waals surface area contributed by atoms with Crippen molar-refractivity contribution in [3.63, 3.8) is 0 Å². The van der Waals surface area contributed by atoms with Crippen molar-refractivity contribution < 1.29 is 14.2 Å². The lowest BCUT2D eigenvalue weighted by atomic mass is 9.48. The van der Waals surface area contributed by atoms with Crippen LogP contribution in [-0.2, 0) is 5.54 Å². The lowest BCUT2D eigenvalue weighted by molar-refractivity contribution is -0.0523. The monoisotopic (exact) mass is 459 g/mol. The quantitative estimate of drug-likeness (QED) is 0.612. The molecular formula is C26H29N5O3. The number of anilines is 1. The third-order valence-electron chi connectivity index (χ3n) is 8.48. The Labute approximate surface area is 198 Å². The number of tetrazole rings is 1. The zero-order chi connectivity index (χ0) is 22.7. The molecule has 4 bridgehead atoms. The zero-order valence-electron chi connectivity index (χ0n) is 19.3. The average molecular weight is 460 g/mol. The first-order valence-corrected chi connectivity index (χ1v) is 12.3. The summed E-state index contributed by atoms with van der Waals surface area (Å²) in [6.07, 6.45) is 6.29. The molecule has 5 aliphatic rings. The molecule has 0 unspecified atom stereocenters. The van der Waals surface area contributed by atoms with Crippen molar-refractivity contribution in [3.8, 4) is 22.9 Å². The second-order valence-corrected chi connectivity index (χ2v) is 10.3. The van der Waals surface area contributed by atoms with Gasteiger partial charge < -0.3 is 19.5 Å². The Hall–Kier alpha value is -3.29. The van der Waals surface area contributed by atoms with Gasteiger partial charge in [-0.3, -0.25) is 0 Å². The van der Waals surface area contributed by atoms with E-state index in [2.05, 4.69) is 27.9 Å².